The zero-order chi connectivity index (χ0) is 10.7. The lowest BCUT2D eigenvalue weighted by Gasteiger charge is -2.16. The van der Waals surface area contributed by atoms with Crippen LogP contribution in [0.1, 0.15) is 11.6 Å². The van der Waals surface area contributed by atoms with E-state index in [4.69, 9.17) is 11.6 Å². The maximum Gasteiger partial charge on any atom is 0.257 e. The van der Waals surface area contributed by atoms with Gasteiger partial charge in [0, 0.05) is 5.02 Å². The van der Waals surface area contributed by atoms with Crippen molar-refractivity contribution in [3.8, 4) is 0 Å². The first-order chi connectivity index (χ1) is 6.56. The summed E-state index contributed by atoms with van der Waals surface area (Å²) < 4.78 is 37.7. The fraction of sp³-hybridized carbons (Fsp3) is 0.333. The van der Waals surface area contributed by atoms with Gasteiger partial charge in [-0.25, -0.2) is 13.2 Å². The molecule has 1 aromatic carbocycles. The van der Waals surface area contributed by atoms with Crippen LogP contribution in [0.4, 0.5) is 13.2 Å². The second kappa shape index (κ2) is 4.66. The number of benzene rings is 1. The second-order valence-electron chi connectivity index (χ2n) is 2.77. The van der Waals surface area contributed by atoms with Crippen LogP contribution < -0.4 is 5.32 Å². The van der Waals surface area contributed by atoms with E-state index in [1.165, 1.54) is 13.1 Å². The van der Waals surface area contributed by atoms with E-state index in [1.807, 2.05) is 0 Å². The summed E-state index contributed by atoms with van der Waals surface area (Å²) in [7, 11) is 1.37. The Labute approximate surface area is 84.9 Å². The van der Waals surface area contributed by atoms with Crippen molar-refractivity contribution >= 4 is 11.6 Å². The maximum absolute atomic E-state index is 12.8. The van der Waals surface area contributed by atoms with E-state index in [2.05, 4.69) is 5.32 Å². The van der Waals surface area contributed by atoms with E-state index in [0.29, 0.717) is 0 Å². The fourth-order valence-electron chi connectivity index (χ4n) is 1.17. The van der Waals surface area contributed by atoms with Crippen molar-refractivity contribution in [1.29, 1.82) is 0 Å². The van der Waals surface area contributed by atoms with E-state index in [0.717, 1.165) is 12.1 Å². The van der Waals surface area contributed by atoms with Crippen LogP contribution in [0, 0.1) is 5.82 Å². The van der Waals surface area contributed by atoms with Gasteiger partial charge in [0.05, 0.1) is 6.04 Å². The average molecular weight is 224 g/mol. The maximum atomic E-state index is 12.8. The van der Waals surface area contributed by atoms with Gasteiger partial charge < -0.3 is 5.32 Å². The summed E-state index contributed by atoms with van der Waals surface area (Å²) in [5, 5.41) is 2.52. The molecule has 0 aromatic heterocycles. The standard InChI is InChI=1S/C9H9ClF3N/c1-14-8(9(12)13)6-4-5(11)2-3-7(6)10/h2-4,8-9,14H,1H3. The van der Waals surface area contributed by atoms with Crippen molar-refractivity contribution in [1.82, 2.24) is 5.32 Å². The Kier molecular flexibility index (Phi) is 3.77. The van der Waals surface area contributed by atoms with Gasteiger partial charge in [0.2, 0.25) is 0 Å². The van der Waals surface area contributed by atoms with Crippen LogP contribution in [0.2, 0.25) is 5.02 Å². The van der Waals surface area contributed by atoms with Crippen LogP contribution in [0.15, 0.2) is 18.2 Å². The highest BCUT2D eigenvalue weighted by Gasteiger charge is 2.22. The summed E-state index contributed by atoms with van der Waals surface area (Å²) in [4.78, 5) is 0. The van der Waals surface area contributed by atoms with E-state index >= 15 is 0 Å². The molecule has 0 aliphatic heterocycles. The summed E-state index contributed by atoms with van der Waals surface area (Å²) in [6, 6.07) is 2.16. The predicted octanol–water partition coefficient (Wildman–Crippen LogP) is 3.00. The highest BCUT2D eigenvalue weighted by atomic mass is 35.5. The van der Waals surface area contributed by atoms with E-state index in [9.17, 15) is 13.2 Å². The van der Waals surface area contributed by atoms with Crippen molar-refractivity contribution in [3.63, 3.8) is 0 Å². The van der Waals surface area contributed by atoms with Crippen molar-refractivity contribution in [3.05, 3.63) is 34.6 Å². The molecule has 0 aliphatic carbocycles. The molecule has 0 amide bonds. The first kappa shape index (κ1) is 11.3. The third-order valence-electron chi connectivity index (χ3n) is 1.86. The predicted molar refractivity (Wildman–Crippen MR) is 49.2 cm³/mol. The fourth-order valence-corrected chi connectivity index (χ4v) is 1.41. The van der Waals surface area contributed by atoms with Crippen molar-refractivity contribution < 1.29 is 13.2 Å². The van der Waals surface area contributed by atoms with Gasteiger partial charge in [-0.15, -0.1) is 0 Å². The Morgan fingerprint density at radius 2 is 2.00 bits per heavy atom. The number of rotatable bonds is 3. The molecule has 1 rings (SSSR count). The largest absolute Gasteiger partial charge is 0.308 e. The Morgan fingerprint density at radius 1 is 1.36 bits per heavy atom. The summed E-state index contributed by atoms with van der Waals surface area (Å²) in [6.45, 7) is 0. The molecule has 1 unspecified atom stereocenters. The normalized spacial score (nSPS) is 13.3. The Balaban J connectivity index is 3.08. The second-order valence-corrected chi connectivity index (χ2v) is 3.17. The zero-order valence-corrected chi connectivity index (χ0v) is 8.15. The summed E-state index contributed by atoms with van der Waals surface area (Å²) in [6.07, 6.45) is -2.63. The summed E-state index contributed by atoms with van der Waals surface area (Å²) >= 11 is 5.67. The van der Waals surface area contributed by atoms with E-state index < -0.39 is 18.3 Å². The first-order valence-corrected chi connectivity index (χ1v) is 4.34. The number of hydrogen-bond acceptors (Lipinski definition) is 1. The third kappa shape index (κ3) is 2.39. The molecule has 1 aromatic rings. The lowest BCUT2D eigenvalue weighted by molar-refractivity contribution is 0.102. The van der Waals surface area contributed by atoms with Gasteiger partial charge in [-0.1, -0.05) is 11.6 Å². The molecular weight excluding hydrogens is 215 g/mol. The van der Waals surface area contributed by atoms with Crippen LogP contribution in [-0.2, 0) is 0 Å². The van der Waals surface area contributed by atoms with Crippen LogP contribution in [0.5, 0.6) is 0 Å². The Bertz CT molecular complexity index is 317. The molecule has 1 atom stereocenters. The van der Waals surface area contributed by atoms with Crippen molar-refractivity contribution in [2.75, 3.05) is 7.05 Å². The van der Waals surface area contributed by atoms with Crippen molar-refractivity contribution in [2.24, 2.45) is 0 Å². The minimum atomic E-state index is -2.63. The summed E-state index contributed by atoms with van der Waals surface area (Å²) in [5.41, 5.74) is 0.0733. The SMILES string of the molecule is CNC(c1cc(F)ccc1Cl)C(F)F. The molecule has 5 heteroatoms. The molecule has 0 spiro atoms. The van der Waals surface area contributed by atoms with Gasteiger partial charge in [0.1, 0.15) is 5.82 Å². The molecule has 78 valence electrons. The number of hydrogen-bond donors (Lipinski definition) is 1. The lowest BCUT2D eigenvalue weighted by Crippen LogP contribution is -2.24. The first-order valence-electron chi connectivity index (χ1n) is 3.96. The zero-order valence-electron chi connectivity index (χ0n) is 7.40. The Morgan fingerprint density at radius 3 is 2.50 bits per heavy atom. The number of alkyl halides is 2. The van der Waals surface area contributed by atoms with Gasteiger partial charge in [0.15, 0.2) is 0 Å². The minimum Gasteiger partial charge on any atom is -0.308 e. The molecule has 1 N–H and O–H groups in total. The highest BCUT2D eigenvalue weighted by Crippen LogP contribution is 2.27. The molecule has 0 saturated heterocycles. The average Bonchev–Trinajstić information content (AvgIpc) is 2.11. The molecule has 0 aliphatic rings. The smallest absolute Gasteiger partial charge is 0.257 e. The van der Waals surface area contributed by atoms with Gasteiger partial charge in [-0.3, -0.25) is 0 Å². The van der Waals surface area contributed by atoms with Gasteiger partial charge >= 0.3 is 0 Å². The lowest BCUT2D eigenvalue weighted by atomic mass is 10.1. The topological polar surface area (TPSA) is 12.0 Å². The molecule has 0 radical (unpaired) electrons. The monoisotopic (exact) mass is 223 g/mol. The van der Waals surface area contributed by atoms with Crippen LogP contribution in [0.25, 0.3) is 0 Å². The molecule has 0 heterocycles. The van der Waals surface area contributed by atoms with Crippen molar-refractivity contribution in [2.45, 2.75) is 12.5 Å². The molecule has 1 nitrogen and oxygen atoms in total. The Hall–Kier alpha value is -0.740. The molecule has 0 bridgehead atoms. The van der Waals surface area contributed by atoms with Crippen LogP contribution in [-0.4, -0.2) is 13.5 Å². The van der Waals surface area contributed by atoms with Gasteiger partial charge in [-0.05, 0) is 30.8 Å². The molecule has 0 fully saturated rings. The minimum absolute atomic E-state index is 0.0733. The molecular formula is C9H9ClF3N. The van der Waals surface area contributed by atoms with E-state index in [-0.39, 0.29) is 10.6 Å². The number of halogens is 4. The van der Waals surface area contributed by atoms with Gasteiger partial charge in [-0.2, -0.15) is 0 Å². The molecule has 14 heavy (non-hydrogen) atoms. The van der Waals surface area contributed by atoms with E-state index in [1.54, 1.807) is 0 Å². The van der Waals surface area contributed by atoms with Crippen LogP contribution >= 0.6 is 11.6 Å². The quantitative estimate of drug-likeness (QED) is 0.831. The molecule has 0 saturated carbocycles. The number of nitrogens with one attached hydrogen (secondary N) is 1. The highest BCUT2D eigenvalue weighted by molar-refractivity contribution is 6.31. The van der Waals surface area contributed by atoms with Crippen LogP contribution in [0.3, 0.4) is 0 Å². The summed E-state index contributed by atoms with van der Waals surface area (Å²) in [5.74, 6) is -0.578. The van der Waals surface area contributed by atoms with Gasteiger partial charge in [0.25, 0.3) is 6.43 Å². The third-order valence-corrected chi connectivity index (χ3v) is 2.20.